The highest BCUT2D eigenvalue weighted by Gasteiger charge is 2.53. The van der Waals surface area contributed by atoms with Crippen molar-refractivity contribution in [1.82, 2.24) is 10.2 Å². The van der Waals surface area contributed by atoms with Gasteiger partial charge in [0.15, 0.2) is 0 Å². The first-order valence-corrected chi connectivity index (χ1v) is 6.78. The molecule has 2 rings (SSSR count). The van der Waals surface area contributed by atoms with Crippen LogP contribution in [-0.2, 0) is 4.79 Å². The molecule has 102 valence electrons. The summed E-state index contributed by atoms with van der Waals surface area (Å²) in [6.45, 7) is 4.07. The van der Waals surface area contributed by atoms with Crippen LogP contribution in [0.2, 0.25) is 0 Å². The van der Waals surface area contributed by atoms with Crippen LogP contribution in [0.4, 0.5) is 4.79 Å². The first-order valence-electron chi connectivity index (χ1n) is 6.78. The van der Waals surface area contributed by atoms with Crippen LogP contribution >= 0.6 is 0 Å². The predicted octanol–water partition coefficient (Wildman–Crippen LogP) is 1.26. The van der Waals surface area contributed by atoms with Crippen LogP contribution in [0.1, 0.15) is 46.0 Å². The molecule has 1 spiro atoms. The molecule has 2 N–H and O–H groups in total. The third-order valence-corrected chi connectivity index (χ3v) is 4.22. The van der Waals surface area contributed by atoms with Crippen molar-refractivity contribution >= 4 is 11.9 Å². The fourth-order valence-corrected chi connectivity index (χ4v) is 2.89. The van der Waals surface area contributed by atoms with E-state index in [4.69, 9.17) is 0 Å². The number of rotatable bonds is 3. The van der Waals surface area contributed by atoms with Gasteiger partial charge in [-0.1, -0.05) is 33.1 Å². The van der Waals surface area contributed by atoms with Gasteiger partial charge in [0.1, 0.15) is 5.54 Å². The lowest BCUT2D eigenvalue weighted by atomic mass is 9.80. The molecule has 2 fully saturated rings. The largest absolute Gasteiger partial charge is 0.391 e. The summed E-state index contributed by atoms with van der Waals surface area (Å²) in [7, 11) is 0. The van der Waals surface area contributed by atoms with Crippen molar-refractivity contribution in [1.29, 1.82) is 0 Å². The molecule has 1 atom stereocenters. The van der Waals surface area contributed by atoms with Gasteiger partial charge in [-0.15, -0.1) is 0 Å². The molecule has 1 unspecified atom stereocenters. The van der Waals surface area contributed by atoms with Crippen molar-refractivity contribution in [2.24, 2.45) is 5.92 Å². The average Bonchev–Trinajstić information content (AvgIpc) is 2.55. The Labute approximate surface area is 108 Å². The molecule has 1 saturated carbocycles. The van der Waals surface area contributed by atoms with Gasteiger partial charge in [0.25, 0.3) is 5.91 Å². The summed E-state index contributed by atoms with van der Waals surface area (Å²) in [4.78, 5) is 25.5. The van der Waals surface area contributed by atoms with Crippen molar-refractivity contribution in [3.8, 4) is 0 Å². The van der Waals surface area contributed by atoms with Gasteiger partial charge >= 0.3 is 6.03 Å². The molecule has 1 aliphatic carbocycles. The van der Waals surface area contributed by atoms with Gasteiger partial charge in [-0.3, -0.25) is 10.1 Å². The molecule has 18 heavy (non-hydrogen) atoms. The molecular weight excluding hydrogens is 232 g/mol. The highest BCUT2D eigenvalue weighted by atomic mass is 16.3. The number of urea groups is 1. The van der Waals surface area contributed by atoms with Gasteiger partial charge in [0, 0.05) is 6.54 Å². The molecule has 0 aromatic heterocycles. The number of hydrogen-bond donors (Lipinski definition) is 2. The summed E-state index contributed by atoms with van der Waals surface area (Å²) in [6, 6.07) is -0.346. The Kier molecular flexibility index (Phi) is 3.61. The van der Waals surface area contributed by atoms with E-state index in [-0.39, 0.29) is 24.4 Å². The highest BCUT2D eigenvalue weighted by Crippen LogP contribution is 2.37. The molecule has 0 aromatic rings. The minimum atomic E-state index is -0.689. The van der Waals surface area contributed by atoms with Gasteiger partial charge in [0.05, 0.1) is 6.10 Å². The van der Waals surface area contributed by atoms with Crippen LogP contribution in [-0.4, -0.2) is 40.1 Å². The Morgan fingerprint density at radius 1 is 1.28 bits per heavy atom. The van der Waals surface area contributed by atoms with Gasteiger partial charge in [-0.2, -0.15) is 0 Å². The van der Waals surface area contributed by atoms with Crippen molar-refractivity contribution in [3.05, 3.63) is 0 Å². The first-order chi connectivity index (χ1) is 8.47. The topological polar surface area (TPSA) is 69.6 Å². The Morgan fingerprint density at radius 2 is 1.89 bits per heavy atom. The summed E-state index contributed by atoms with van der Waals surface area (Å²) >= 11 is 0. The Hall–Kier alpha value is -1.10. The van der Waals surface area contributed by atoms with Gasteiger partial charge < -0.3 is 10.0 Å². The number of amides is 3. The molecule has 2 aliphatic rings. The van der Waals surface area contributed by atoms with Crippen LogP contribution in [0.5, 0.6) is 0 Å². The van der Waals surface area contributed by atoms with E-state index in [2.05, 4.69) is 5.32 Å². The number of carbonyl (C=O) groups excluding carboxylic acids is 2. The fourth-order valence-electron chi connectivity index (χ4n) is 2.89. The molecule has 1 heterocycles. The van der Waals surface area contributed by atoms with Crippen LogP contribution in [0.3, 0.4) is 0 Å². The number of nitrogens with zero attached hydrogens (tertiary/aromatic N) is 1. The van der Waals surface area contributed by atoms with E-state index >= 15 is 0 Å². The monoisotopic (exact) mass is 254 g/mol. The number of hydrogen-bond acceptors (Lipinski definition) is 3. The van der Waals surface area contributed by atoms with E-state index in [9.17, 15) is 14.7 Å². The van der Waals surface area contributed by atoms with Crippen molar-refractivity contribution in [3.63, 3.8) is 0 Å². The SMILES string of the molecule is CC(C)C(O)CN1C(=O)NC(=O)C12CCCCC2. The standard InChI is InChI=1S/C13H22N2O3/c1-9(2)10(16)8-15-12(18)14-11(17)13(15)6-4-3-5-7-13/h9-10,16H,3-8H2,1-2H3,(H,14,17,18). The number of aliphatic hydroxyl groups is 1. The molecule has 5 heteroatoms. The maximum Gasteiger partial charge on any atom is 0.325 e. The summed E-state index contributed by atoms with van der Waals surface area (Å²) in [5, 5.41) is 12.4. The Balaban J connectivity index is 2.19. The van der Waals surface area contributed by atoms with Gasteiger partial charge in [-0.25, -0.2) is 4.79 Å². The Morgan fingerprint density at radius 3 is 2.44 bits per heavy atom. The number of imide groups is 1. The smallest absolute Gasteiger partial charge is 0.325 e. The number of β-amino-alcohol motifs (C(OH)–C–C–N with tert-alkyl or cyclic N) is 1. The summed E-state index contributed by atoms with van der Waals surface area (Å²) < 4.78 is 0. The minimum Gasteiger partial charge on any atom is -0.391 e. The number of nitrogens with one attached hydrogen (secondary N) is 1. The second-order valence-corrected chi connectivity index (χ2v) is 5.77. The normalized spacial score (nSPS) is 24.8. The summed E-state index contributed by atoms with van der Waals surface area (Å²) in [6.07, 6.45) is 3.90. The molecule has 1 saturated heterocycles. The lowest BCUT2D eigenvalue weighted by Gasteiger charge is -2.39. The average molecular weight is 254 g/mol. The maximum absolute atomic E-state index is 12.1. The molecule has 0 aromatic carbocycles. The predicted molar refractivity (Wildman–Crippen MR) is 66.9 cm³/mol. The molecule has 0 bridgehead atoms. The second kappa shape index (κ2) is 4.88. The van der Waals surface area contributed by atoms with Crippen molar-refractivity contribution in [2.45, 2.75) is 57.6 Å². The van der Waals surface area contributed by atoms with Crippen molar-refractivity contribution in [2.75, 3.05) is 6.54 Å². The van der Waals surface area contributed by atoms with E-state index in [0.717, 1.165) is 32.1 Å². The molecule has 3 amide bonds. The molecule has 0 radical (unpaired) electrons. The van der Waals surface area contributed by atoms with Gasteiger partial charge in [0.2, 0.25) is 0 Å². The van der Waals surface area contributed by atoms with Crippen LogP contribution in [0.25, 0.3) is 0 Å². The van der Waals surface area contributed by atoms with E-state index in [1.807, 2.05) is 13.8 Å². The fraction of sp³-hybridized carbons (Fsp3) is 0.846. The molecule has 1 aliphatic heterocycles. The minimum absolute atomic E-state index is 0.0779. The Bertz CT molecular complexity index is 348. The van der Waals surface area contributed by atoms with E-state index in [0.29, 0.717) is 0 Å². The van der Waals surface area contributed by atoms with Crippen LogP contribution in [0, 0.1) is 5.92 Å². The van der Waals surface area contributed by atoms with Crippen molar-refractivity contribution < 1.29 is 14.7 Å². The lowest BCUT2D eigenvalue weighted by Crippen LogP contribution is -2.53. The van der Waals surface area contributed by atoms with Crippen LogP contribution in [0.15, 0.2) is 0 Å². The zero-order chi connectivity index (χ0) is 13.3. The van der Waals surface area contributed by atoms with Gasteiger partial charge in [-0.05, 0) is 18.8 Å². The van der Waals surface area contributed by atoms with Crippen LogP contribution < -0.4 is 5.32 Å². The molecular formula is C13H22N2O3. The maximum atomic E-state index is 12.1. The van der Waals surface area contributed by atoms with E-state index in [1.54, 1.807) is 4.90 Å². The number of aliphatic hydroxyl groups excluding tert-OH is 1. The molecule has 5 nitrogen and oxygen atoms in total. The third-order valence-electron chi connectivity index (χ3n) is 4.22. The lowest BCUT2D eigenvalue weighted by molar-refractivity contribution is -0.128. The quantitative estimate of drug-likeness (QED) is 0.745. The first kappa shape index (κ1) is 13.3. The zero-order valence-electron chi connectivity index (χ0n) is 11.1. The highest BCUT2D eigenvalue weighted by molar-refractivity contribution is 6.07. The number of carbonyl (C=O) groups is 2. The second-order valence-electron chi connectivity index (χ2n) is 5.77. The third kappa shape index (κ3) is 2.11. The zero-order valence-corrected chi connectivity index (χ0v) is 11.1. The van der Waals surface area contributed by atoms with E-state index < -0.39 is 11.6 Å². The summed E-state index contributed by atoms with van der Waals surface area (Å²) in [5.41, 5.74) is -0.689. The summed E-state index contributed by atoms with van der Waals surface area (Å²) in [5.74, 6) is -0.0997. The van der Waals surface area contributed by atoms with E-state index in [1.165, 1.54) is 0 Å².